The highest BCUT2D eigenvalue weighted by molar-refractivity contribution is 14.1. The molecule has 0 amide bonds. The Bertz CT molecular complexity index is 22.8. The molecule has 3 heteroatoms. The molecule has 0 bridgehead atoms. The van der Waals surface area contributed by atoms with Crippen LogP contribution in [0.15, 0.2) is 0 Å². The molecule has 0 aliphatic rings. The van der Waals surface area contributed by atoms with Crippen LogP contribution in [0.5, 0.6) is 0 Å². The van der Waals surface area contributed by atoms with Gasteiger partial charge in [0.15, 0.2) is 0 Å². The Kier molecular flexibility index (Phi) is 6.26. The molecular weight excluding hydrogens is 193 g/mol. The molecular formula is C3H8INO. The zero-order chi connectivity index (χ0) is 4.83. The highest BCUT2D eigenvalue weighted by Gasteiger charge is 1.76. The van der Waals surface area contributed by atoms with Crippen LogP contribution in [0.1, 0.15) is 6.42 Å². The minimum absolute atomic E-state index is 0.725. The summed E-state index contributed by atoms with van der Waals surface area (Å²) >= 11 is 1.86. The summed E-state index contributed by atoms with van der Waals surface area (Å²) in [4.78, 5) is 0. The predicted molar refractivity (Wildman–Crippen MR) is 33.6 cm³/mol. The van der Waals surface area contributed by atoms with Crippen molar-refractivity contribution in [3.63, 3.8) is 0 Å². The predicted octanol–water partition coefficient (Wildman–Crippen LogP) is 0.702. The fourth-order valence-corrected chi connectivity index (χ4v) is 0.449. The highest BCUT2D eigenvalue weighted by atomic mass is 127. The van der Waals surface area contributed by atoms with Gasteiger partial charge in [-0.25, -0.2) is 0 Å². The van der Waals surface area contributed by atoms with Crippen LogP contribution < -0.4 is 5.73 Å². The highest BCUT2D eigenvalue weighted by Crippen LogP contribution is 1.85. The van der Waals surface area contributed by atoms with Crippen LogP contribution in [-0.4, -0.2) is 13.2 Å². The third-order valence-electron chi connectivity index (χ3n) is 0.426. The Balaban J connectivity index is 2.34. The molecule has 2 N–H and O–H groups in total. The van der Waals surface area contributed by atoms with Gasteiger partial charge in [0.25, 0.3) is 0 Å². The molecule has 0 aliphatic carbocycles. The molecule has 0 aliphatic heterocycles. The molecule has 0 rings (SSSR count). The van der Waals surface area contributed by atoms with Crippen LogP contribution in [0.25, 0.3) is 0 Å². The van der Waals surface area contributed by atoms with Crippen LogP contribution in [-0.2, 0) is 3.07 Å². The van der Waals surface area contributed by atoms with Gasteiger partial charge in [-0.1, -0.05) is 0 Å². The minimum Gasteiger partial charge on any atom is -0.330 e. The second-order valence-corrected chi connectivity index (χ2v) is 1.58. The summed E-state index contributed by atoms with van der Waals surface area (Å²) in [7, 11) is 0. The van der Waals surface area contributed by atoms with Gasteiger partial charge >= 0.3 is 0 Å². The van der Waals surface area contributed by atoms with E-state index in [0.717, 1.165) is 19.6 Å². The first-order chi connectivity index (χ1) is 2.91. The Morgan fingerprint density at radius 1 is 1.67 bits per heavy atom. The van der Waals surface area contributed by atoms with E-state index in [1.165, 1.54) is 0 Å². The van der Waals surface area contributed by atoms with E-state index < -0.39 is 0 Å². The van der Waals surface area contributed by atoms with Crippen LogP contribution in [0.3, 0.4) is 0 Å². The van der Waals surface area contributed by atoms with Crippen molar-refractivity contribution in [1.29, 1.82) is 0 Å². The molecule has 0 aromatic rings. The van der Waals surface area contributed by atoms with E-state index in [0.29, 0.717) is 0 Å². The van der Waals surface area contributed by atoms with E-state index in [1.807, 2.05) is 23.0 Å². The van der Waals surface area contributed by atoms with Crippen molar-refractivity contribution in [2.24, 2.45) is 5.73 Å². The van der Waals surface area contributed by atoms with Gasteiger partial charge in [-0.15, -0.1) is 0 Å². The second kappa shape index (κ2) is 5.65. The summed E-state index contributed by atoms with van der Waals surface area (Å²) in [5.41, 5.74) is 5.13. The molecule has 2 nitrogen and oxygen atoms in total. The quantitative estimate of drug-likeness (QED) is 0.538. The number of nitrogens with two attached hydrogens (primary N) is 1. The van der Waals surface area contributed by atoms with E-state index in [-0.39, 0.29) is 0 Å². The maximum atomic E-state index is 5.13. The van der Waals surface area contributed by atoms with Gasteiger partial charge in [-0.3, -0.25) is 0 Å². The Labute approximate surface area is 51.7 Å². The monoisotopic (exact) mass is 201 g/mol. The summed E-state index contributed by atoms with van der Waals surface area (Å²) in [5, 5.41) is 0. The summed E-state index contributed by atoms with van der Waals surface area (Å²) in [5.74, 6) is 0. The topological polar surface area (TPSA) is 35.2 Å². The van der Waals surface area contributed by atoms with Crippen molar-refractivity contribution in [1.82, 2.24) is 0 Å². The standard InChI is InChI=1S/C3H8INO/c4-6-3-1-2-5/h1-3,5H2. The summed E-state index contributed by atoms with van der Waals surface area (Å²) in [6.45, 7) is 1.50. The molecule has 0 spiro atoms. The summed E-state index contributed by atoms with van der Waals surface area (Å²) in [6, 6.07) is 0. The molecule has 0 saturated heterocycles. The molecule has 6 heavy (non-hydrogen) atoms. The lowest BCUT2D eigenvalue weighted by Crippen LogP contribution is -2.00. The fourth-order valence-electron chi connectivity index (χ4n) is 0.138. The van der Waals surface area contributed by atoms with Crippen molar-refractivity contribution in [3.8, 4) is 0 Å². The SMILES string of the molecule is NCCCOI. The van der Waals surface area contributed by atoms with Gasteiger partial charge < -0.3 is 8.80 Å². The first-order valence-electron chi connectivity index (χ1n) is 1.85. The Morgan fingerprint density at radius 3 is 2.50 bits per heavy atom. The molecule has 0 aromatic heterocycles. The lowest BCUT2D eigenvalue weighted by molar-refractivity contribution is 0.417. The maximum absolute atomic E-state index is 5.13. The zero-order valence-electron chi connectivity index (χ0n) is 3.48. The van der Waals surface area contributed by atoms with Crippen LogP contribution in [0.2, 0.25) is 0 Å². The van der Waals surface area contributed by atoms with Crippen molar-refractivity contribution < 1.29 is 3.07 Å². The van der Waals surface area contributed by atoms with Gasteiger partial charge in [0.1, 0.15) is 23.0 Å². The number of rotatable bonds is 3. The Morgan fingerprint density at radius 2 is 2.33 bits per heavy atom. The molecule has 0 radical (unpaired) electrons. The van der Waals surface area contributed by atoms with Gasteiger partial charge in [-0.05, 0) is 13.0 Å². The average molecular weight is 201 g/mol. The molecule has 38 valence electrons. The lowest BCUT2D eigenvalue weighted by atomic mass is 10.5. The molecule has 0 atom stereocenters. The average Bonchev–Trinajstić information content (AvgIpc) is 1.61. The summed E-state index contributed by atoms with van der Waals surface area (Å²) < 4.78 is 4.67. The van der Waals surface area contributed by atoms with Crippen molar-refractivity contribution >= 4 is 23.0 Å². The molecule has 0 aromatic carbocycles. The third kappa shape index (κ3) is 4.65. The number of hydrogen-bond acceptors (Lipinski definition) is 2. The van der Waals surface area contributed by atoms with Crippen LogP contribution in [0.4, 0.5) is 0 Å². The summed E-state index contributed by atoms with van der Waals surface area (Å²) in [6.07, 6.45) is 0.961. The maximum Gasteiger partial charge on any atom is 0.109 e. The van der Waals surface area contributed by atoms with Gasteiger partial charge in [-0.2, -0.15) is 0 Å². The van der Waals surface area contributed by atoms with Gasteiger partial charge in [0.2, 0.25) is 0 Å². The van der Waals surface area contributed by atoms with Crippen LogP contribution >= 0.6 is 23.0 Å². The minimum atomic E-state index is 0.725. The first-order valence-corrected chi connectivity index (χ1v) is 2.73. The van der Waals surface area contributed by atoms with E-state index in [9.17, 15) is 0 Å². The van der Waals surface area contributed by atoms with E-state index in [2.05, 4.69) is 3.07 Å². The third-order valence-corrected chi connectivity index (χ3v) is 0.866. The molecule has 0 saturated carbocycles. The number of hydrogen-bond donors (Lipinski definition) is 1. The number of halogens is 1. The van der Waals surface area contributed by atoms with Crippen molar-refractivity contribution in [2.75, 3.05) is 13.2 Å². The molecule has 0 heterocycles. The van der Waals surface area contributed by atoms with E-state index in [1.54, 1.807) is 0 Å². The van der Waals surface area contributed by atoms with Crippen LogP contribution in [0, 0.1) is 0 Å². The first kappa shape index (κ1) is 6.65. The smallest absolute Gasteiger partial charge is 0.109 e. The largest absolute Gasteiger partial charge is 0.330 e. The van der Waals surface area contributed by atoms with Gasteiger partial charge in [0.05, 0.1) is 6.61 Å². The van der Waals surface area contributed by atoms with Crippen molar-refractivity contribution in [2.45, 2.75) is 6.42 Å². The van der Waals surface area contributed by atoms with E-state index in [4.69, 9.17) is 5.73 Å². The molecule has 0 unspecified atom stereocenters. The lowest BCUT2D eigenvalue weighted by Gasteiger charge is -1.87. The van der Waals surface area contributed by atoms with Gasteiger partial charge in [0, 0.05) is 0 Å². The fraction of sp³-hybridized carbons (Fsp3) is 1.00. The molecule has 0 fully saturated rings. The Hall–Kier alpha value is 0.650. The van der Waals surface area contributed by atoms with Crippen molar-refractivity contribution in [3.05, 3.63) is 0 Å². The zero-order valence-corrected chi connectivity index (χ0v) is 5.64. The van der Waals surface area contributed by atoms with E-state index >= 15 is 0 Å². The normalized spacial score (nSPS) is 9.00. The second-order valence-electron chi connectivity index (χ2n) is 0.955.